The quantitative estimate of drug-likeness (QED) is 0.225. The lowest BCUT2D eigenvalue weighted by Gasteiger charge is -2.34. The van der Waals surface area contributed by atoms with Crippen molar-refractivity contribution < 1.29 is 31.8 Å². The smallest absolute Gasteiger partial charge is 0.416 e. The van der Waals surface area contributed by atoms with E-state index in [-0.39, 0.29) is 18.5 Å². The van der Waals surface area contributed by atoms with Gasteiger partial charge in [0.05, 0.1) is 43.1 Å². The number of amides is 1. The van der Waals surface area contributed by atoms with Gasteiger partial charge in [-0.3, -0.25) is 19.7 Å². The van der Waals surface area contributed by atoms with Crippen LogP contribution in [-0.4, -0.2) is 72.6 Å². The van der Waals surface area contributed by atoms with Gasteiger partial charge < -0.3 is 19.7 Å². The van der Waals surface area contributed by atoms with Gasteiger partial charge >= 0.3 is 6.18 Å². The Kier molecular flexibility index (Phi) is 9.54. The fourth-order valence-electron chi connectivity index (χ4n) is 5.51. The third kappa shape index (κ3) is 7.34. The lowest BCUT2D eigenvalue weighted by molar-refractivity contribution is -0.138. The van der Waals surface area contributed by atoms with Crippen molar-refractivity contribution in [1.82, 2.24) is 19.8 Å². The van der Waals surface area contributed by atoms with E-state index in [4.69, 9.17) is 9.47 Å². The zero-order chi connectivity index (χ0) is 32.3. The van der Waals surface area contributed by atoms with Gasteiger partial charge in [-0.15, -0.1) is 0 Å². The number of ether oxygens (including phenoxy) is 2. The number of piperazine rings is 1. The topological polar surface area (TPSA) is 79.8 Å². The van der Waals surface area contributed by atoms with E-state index >= 15 is 4.39 Å². The first-order valence-corrected chi connectivity index (χ1v) is 14.6. The highest BCUT2D eigenvalue weighted by Crippen LogP contribution is 2.36. The van der Waals surface area contributed by atoms with Gasteiger partial charge in [0.15, 0.2) is 11.5 Å². The Morgan fingerprint density at radius 2 is 1.64 bits per heavy atom. The lowest BCUT2D eigenvalue weighted by Crippen LogP contribution is -2.45. The number of nitrogens with zero attached hydrogens (tertiary/aromatic N) is 4. The van der Waals surface area contributed by atoms with Crippen molar-refractivity contribution in [1.29, 1.82) is 0 Å². The minimum absolute atomic E-state index is 0.0246. The van der Waals surface area contributed by atoms with Gasteiger partial charge in [0.2, 0.25) is 5.91 Å². The average molecular weight is 626 g/mol. The van der Waals surface area contributed by atoms with Crippen LogP contribution in [0.3, 0.4) is 0 Å². The van der Waals surface area contributed by atoms with E-state index in [0.29, 0.717) is 53.1 Å². The van der Waals surface area contributed by atoms with Crippen LogP contribution >= 0.6 is 0 Å². The van der Waals surface area contributed by atoms with Gasteiger partial charge in [0.1, 0.15) is 5.82 Å². The molecule has 1 fully saturated rings. The van der Waals surface area contributed by atoms with E-state index in [1.54, 1.807) is 45.5 Å². The van der Waals surface area contributed by atoms with E-state index in [1.165, 1.54) is 0 Å². The monoisotopic (exact) mass is 625 g/mol. The largest absolute Gasteiger partial charge is 0.493 e. The molecular formula is C33H35F4N5O3. The molecule has 2 aromatic carbocycles. The van der Waals surface area contributed by atoms with Crippen molar-refractivity contribution >= 4 is 22.5 Å². The number of carbonyl (C=O) groups excluding carboxylic acids is 1. The second-order valence-corrected chi connectivity index (χ2v) is 11.0. The van der Waals surface area contributed by atoms with E-state index in [2.05, 4.69) is 20.2 Å². The van der Waals surface area contributed by atoms with Crippen LogP contribution in [0.1, 0.15) is 29.3 Å². The zero-order valence-corrected chi connectivity index (χ0v) is 25.6. The van der Waals surface area contributed by atoms with Crippen LogP contribution in [0.4, 0.5) is 23.2 Å². The normalized spacial score (nSPS) is 14.5. The van der Waals surface area contributed by atoms with Gasteiger partial charge in [0.25, 0.3) is 0 Å². The molecule has 1 N–H and O–H groups in total. The van der Waals surface area contributed by atoms with Gasteiger partial charge in [-0.05, 0) is 54.9 Å². The minimum Gasteiger partial charge on any atom is -0.493 e. The number of hydrogen-bond donors (Lipinski definition) is 1. The molecule has 1 amide bonds. The van der Waals surface area contributed by atoms with Crippen LogP contribution in [0.2, 0.25) is 0 Å². The maximum Gasteiger partial charge on any atom is 0.416 e. The average Bonchev–Trinajstić information content (AvgIpc) is 3.02. The van der Waals surface area contributed by atoms with Crippen molar-refractivity contribution in [3.63, 3.8) is 0 Å². The van der Waals surface area contributed by atoms with Gasteiger partial charge in [-0.2, -0.15) is 13.2 Å². The highest BCUT2D eigenvalue weighted by atomic mass is 19.4. The molecule has 2 aromatic heterocycles. The number of nitrogens with one attached hydrogen (secondary N) is 1. The molecule has 1 aliphatic rings. The second kappa shape index (κ2) is 13.4. The lowest BCUT2D eigenvalue weighted by atomic mass is 10.0. The standard InChI is InChI=1S/C33H35F4N5O3/c1-5-41-8-10-42(11-9-41)19-24-13-26(34)29(16-25(24)33(35,36)37)40-32(43)15-21-6-7-27(39-20(21)2)23-12-22-14-30(44-3)31(45-4)17-28(22)38-18-23/h6-7,12-14,16-18H,5,8-11,15,19H2,1-4H3,(H,40,43). The first-order chi connectivity index (χ1) is 21.5. The summed E-state index contributed by atoms with van der Waals surface area (Å²) in [4.78, 5) is 26.1. The van der Waals surface area contributed by atoms with Gasteiger partial charge in [0, 0.05) is 61.6 Å². The molecule has 0 atom stereocenters. The molecule has 5 rings (SSSR count). The molecule has 0 radical (unpaired) electrons. The van der Waals surface area contributed by atoms with Crippen molar-refractivity contribution in [2.24, 2.45) is 0 Å². The number of methoxy groups -OCH3 is 2. The summed E-state index contributed by atoms with van der Waals surface area (Å²) in [6, 6.07) is 10.5. The molecule has 1 aliphatic heterocycles. The molecule has 4 aromatic rings. The molecule has 3 heterocycles. The predicted molar refractivity (Wildman–Crippen MR) is 164 cm³/mol. The van der Waals surface area contributed by atoms with Crippen LogP contribution in [0.25, 0.3) is 22.2 Å². The van der Waals surface area contributed by atoms with Crippen LogP contribution in [0.5, 0.6) is 11.5 Å². The number of pyridine rings is 2. The SMILES string of the molecule is CCN1CCN(Cc2cc(F)c(NC(=O)Cc3ccc(-c4cnc5cc(OC)c(OC)cc5c4)nc3C)cc2C(F)(F)F)CC1. The van der Waals surface area contributed by atoms with Crippen molar-refractivity contribution in [3.8, 4) is 22.8 Å². The first-order valence-electron chi connectivity index (χ1n) is 14.6. The first kappa shape index (κ1) is 32.1. The van der Waals surface area contributed by atoms with Crippen molar-refractivity contribution in [2.45, 2.75) is 33.0 Å². The molecular weight excluding hydrogens is 590 g/mol. The summed E-state index contributed by atoms with van der Waals surface area (Å²) < 4.78 is 67.8. The number of rotatable bonds is 9. The van der Waals surface area contributed by atoms with Gasteiger partial charge in [-0.1, -0.05) is 13.0 Å². The molecule has 45 heavy (non-hydrogen) atoms. The van der Waals surface area contributed by atoms with Crippen LogP contribution < -0.4 is 14.8 Å². The molecule has 12 heteroatoms. The summed E-state index contributed by atoms with van der Waals surface area (Å²) in [7, 11) is 3.10. The number of aryl methyl sites for hydroxylation is 1. The van der Waals surface area contributed by atoms with Gasteiger partial charge in [-0.25, -0.2) is 4.39 Å². The Morgan fingerprint density at radius 1 is 0.956 bits per heavy atom. The molecule has 0 aliphatic carbocycles. The highest BCUT2D eigenvalue weighted by Gasteiger charge is 2.35. The minimum atomic E-state index is -4.71. The Morgan fingerprint density at radius 3 is 2.29 bits per heavy atom. The molecule has 8 nitrogen and oxygen atoms in total. The Labute approximate surface area is 259 Å². The number of benzene rings is 2. The number of alkyl halides is 3. The number of halogens is 4. The fraction of sp³-hybridized carbons (Fsp3) is 0.364. The van der Waals surface area contributed by atoms with Crippen molar-refractivity contribution in [2.75, 3.05) is 52.3 Å². The predicted octanol–water partition coefficient (Wildman–Crippen LogP) is 6.10. The number of hydrogen-bond acceptors (Lipinski definition) is 7. The molecule has 0 bridgehead atoms. The number of anilines is 1. The Bertz CT molecular complexity index is 1700. The highest BCUT2D eigenvalue weighted by molar-refractivity contribution is 5.93. The molecule has 0 spiro atoms. The Balaban J connectivity index is 1.31. The van der Waals surface area contributed by atoms with E-state index in [9.17, 15) is 18.0 Å². The maximum atomic E-state index is 15.1. The summed E-state index contributed by atoms with van der Waals surface area (Å²) in [5, 5.41) is 3.15. The van der Waals surface area contributed by atoms with E-state index in [0.717, 1.165) is 36.7 Å². The third-order valence-electron chi connectivity index (χ3n) is 8.11. The molecule has 1 saturated heterocycles. The summed E-state index contributed by atoms with van der Waals surface area (Å²) in [5.41, 5.74) is 1.55. The zero-order valence-electron chi connectivity index (χ0n) is 25.6. The van der Waals surface area contributed by atoms with Crippen LogP contribution in [0.15, 0.2) is 48.7 Å². The Hall–Kier alpha value is -4.29. The number of likely N-dealkylation sites (N-methyl/N-ethyl adjacent to an activating group) is 1. The maximum absolute atomic E-state index is 15.1. The summed E-state index contributed by atoms with van der Waals surface area (Å²) in [6.07, 6.45) is -3.23. The third-order valence-corrected chi connectivity index (χ3v) is 8.11. The molecule has 238 valence electrons. The van der Waals surface area contributed by atoms with Crippen LogP contribution in [0, 0.1) is 12.7 Å². The van der Waals surface area contributed by atoms with E-state index < -0.39 is 29.2 Å². The summed E-state index contributed by atoms with van der Waals surface area (Å²) in [5.74, 6) is -0.444. The number of fused-ring (bicyclic) bond motifs is 1. The molecule has 0 saturated carbocycles. The van der Waals surface area contributed by atoms with E-state index in [1.807, 2.05) is 24.0 Å². The summed E-state index contributed by atoms with van der Waals surface area (Å²) >= 11 is 0. The fourth-order valence-corrected chi connectivity index (χ4v) is 5.51. The second-order valence-electron chi connectivity index (χ2n) is 11.0. The summed E-state index contributed by atoms with van der Waals surface area (Å²) in [6.45, 7) is 7.29. The molecule has 0 unspecified atom stereocenters. The van der Waals surface area contributed by atoms with Crippen LogP contribution in [-0.2, 0) is 23.9 Å². The number of aromatic nitrogens is 2. The number of carbonyl (C=O) groups is 1. The van der Waals surface area contributed by atoms with Crippen molar-refractivity contribution in [3.05, 3.63) is 76.9 Å².